The summed E-state index contributed by atoms with van der Waals surface area (Å²) in [5, 5.41) is 0. The molecule has 0 atom stereocenters. The smallest absolute Gasteiger partial charge is 0.139 e. The van der Waals surface area contributed by atoms with Gasteiger partial charge in [-0.3, -0.25) is 4.40 Å². The van der Waals surface area contributed by atoms with Crippen LogP contribution in [0.15, 0.2) is 36.5 Å². The Bertz CT molecular complexity index is 790. The maximum atomic E-state index is 13.4. The van der Waals surface area contributed by atoms with Crippen molar-refractivity contribution in [2.45, 2.75) is 20.4 Å². The van der Waals surface area contributed by atoms with Gasteiger partial charge in [0, 0.05) is 18.3 Å². The summed E-state index contributed by atoms with van der Waals surface area (Å²) in [6, 6.07) is 9.30. The molecule has 0 aliphatic heterocycles. The first-order valence-corrected chi connectivity index (χ1v) is 6.54. The number of imidazole rings is 1. The van der Waals surface area contributed by atoms with Gasteiger partial charge >= 0.3 is 0 Å². The largest absolute Gasteiger partial charge is 0.325 e. The van der Waals surface area contributed by atoms with Crippen LogP contribution in [0.2, 0.25) is 0 Å². The summed E-state index contributed by atoms with van der Waals surface area (Å²) in [6.45, 7) is 4.40. The molecule has 0 saturated carbocycles. The summed E-state index contributed by atoms with van der Waals surface area (Å²) in [7, 11) is 0. The van der Waals surface area contributed by atoms with Crippen LogP contribution in [0, 0.1) is 19.7 Å². The van der Waals surface area contributed by atoms with Gasteiger partial charge in [0.2, 0.25) is 0 Å². The van der Waals surface area contributed by atoms with Crippen molar-refractivity contribution in [3.8, 4) is 11.3 Å². The number of halogens is 1. The summed E-state index contributed by atoms with van der Waals surface area (Å²) in [5.41, 5.74) is 11.6. The fourth-order valence-electron chi connectivity index (χ4n) is 2.47. The first-order chi connectivity index (χ1) is 9.60. The molecule has 0 amide bonds. The van der Waals surface area contributed by atoms with Crippen LogP contribution in [0.25, 0.3) is 16.9 Å². The zero-order chi connectivity index (χ0) is 14.3. The quantitative estimate of drug-likeness (QED) is 0.776. The van der Waals surface area contributed by atoms with E-state index in [1.54, 1.807) is 10.5 Å². The topological polar surface area (TPSA) is 43.3 Å². The van der Waals surface area contributed by atoms with Crippen molar-refractivity contribution in [3.05, 3.63) is 59.2 Å². The summed E-state index contributed by atoms with van der Waals surface area (Å²) in [5.74, 6) is -0.294. The minimum absolute atomic E-state index is 0.294. The molecule has 0 fully saturated rings. The van der Waals surface area contributed by atoms with Crippen LogP contribution in [0.5, 0.6) is 0 Å². The summed E-state index contributed by atoms with van der Waals surface area (Å²) >= 11 is 0. The third kappa shape index (κ3) is 1.98. The lowest BCUT2D eigenvalue weighted by atomic mass is 10.0. The van der Waals surface area contributed by atoms with Gasteiger partial charge in [-0.2, -0.15) is 0 Å². The molecule has 1 aromatic carbocycles. The number of pyridine rings is 1. The van der Waals surface area contributed by atoms with Gasteiger partial charge in [0.25, 0.3) is 0 Å². The van der Waals surface area contributed by atoms with E-state index in [2.05, 4.69) is 23.2 Å². The van der Waals surface area contributed by atoms with Crippen LogP contribution < -0.4 is 5.73 Å². The average Bonchev–Trinajstić information content (AvgIpc) is 2.79. The molecule has 3 rings (SSSR count). The normalized spacial score (nSPS) is 11.2. The molecule has 0 unspecified atom stereocenters. The molecule has 2 heterocycles. The van der Waals surface area contributed by atoms with Gasteiger partial charge in [0.15, 0.2) is 0 Å². The maximum absolute atomic E-state index is 13.4. The molecule has 0 spiro atoms. The molecule has 2 aromatic heterocycles. The lowest BCUT2D eigenvalue weighted by molar-refractivity contribution is 0.618. The molecule has 0 aliphatic carbocycles. The molecular formula is C16H16FN3. The van der Waals surface area contributed by atoms with E-state index < -0.39 is 0 Å². The van der Waals surface area contributed by atoms with E-state index in [0.29, 0.717) is 12.2 Å². The highest BCUT2D eigenvalue weighted by Crippen LogP contribution is 2.28. The Kier molecular flexibility index (Phi) is 3.03. The zero-order valence-electron chi connectivity index (χ0n) is 11.5. The third-order valence-corrected chi connectivity index (χ3v) is 3.52. The van der Waals surface area contributed by atoms with Crippen LogP contribution in [-0.4, -0.2) is 9.38 Å². The van der Waals surface area contributed by atoms with E-state index in [1.165, 1.54) is 12.3 Å². The Morgan fingerprint density at radius 3 is 2.75 bits per heavy atom. The second kappa shape index (κ2) is 4.72. The minimum Gasteiger partial charge on any atom is -0.325 e. The predicted octanol–water partition coefficient (Wildman–Crippen LogP) is 3.22. The van der Waals surface area contributed by atoms with E-state index in [1.807, 2.05) is 13.8 Å². The lowest BCUT2D eigenvalue weighted by Crippen LogP contribution is -2.03. The van der Waals surface area contributed by atoms with Gasteiger partial charge in [0.05, 0.1) is 11.4 Å². The first kappa shape index (κ1) is 12.8. The van der Waals surface area contributed by atoms with Crippen molar-refractivity contribution >= 4 is 5.65 Å². The third-order valence-electron chi connectivity index (χ3n) is 3.52. The maximum Gasteiger partial charge on any atom is 0.139 e. The standard InChI is InChI=1S/C16H16FN3/c1-10-3-4-11(2)13(7-10)16-14(8-18)20-9-12(17)5-6-15(20)19-16/h3-7,9H,8,18H2,1-2H3. The van der Waals surface area contributed by atoms with E-state index in [9.17, 15) is 4.39 Å². The van der Waals surface area contributed by atoms with Gasteiger partial charge < -0.3 is 5.73 Å². The second-order valence-corrected chi connectivity index (χ2v) is 5.01. The van der Waals surface area contributed by atoms with E-state index >= 15 is 0 Å². The molecule has 0 bridgehead atoms. The van der Waals surface area contributed by atoms with Gasteiger partial charge in [-0.05, 0) is 37.6 Å². The Labute approximate surface area is 116 Å². The molecule has 0 aliphatic rings. The fourth-order valence-corrected chi connectivity index (χ4v) is 2.47. The summed E-state index contributed by atoms with van der Waals surface area (Å²) < 4.78 is 15.1. The van der Waals surface area contributed by atoms with Crippen LogP contribution >= 0.6 is 0 Å². The SMILES string of the molecule is Cc1ccc(C)c(-c2nc3ccc(F)cn3c2CN)c1. The van der Waals surface area contributed by atoms with Crippen LogP contribution in [0.3, 0.4) is 0 Å². The molecular weight excluding hydrogens is 253 g/mol. The van der Waals surface area contributed by atoms with E-state index in [0.717, 1.165) is 28.1 Å². The molecule has 0 saturated heterocycles. The Morgan fingerprint density at radius 2 is 2.00 bits per heavy atom. The van der Waals surface area contributed by atoms with Crippen molar-refractivity contribution in [2.75, 3.05) is 0 Å². The van der Waals surface area contributed by atoms with Crippen molar-refractivity contribution in [1.29, 1.82) is 0 Å². The second-order valence-electron chi connectivity index (χ2n) is 5.01. The van der Waals surface area contributed by atoms with Gasteiger partial charge in [-0.25, -0.2) is 9.37 Å². The molecule has 102 valence electrons. The van der Waals surface area contributed by atoms with Crippen LogP contribution in [0.4, 0.5) is 4.39 Å². The molecule has 3 aromatic rings. The van der Waals surface area contributed by atoms with Crippen LogP contribution in [-0.2, 0) is 6.54 Å². The van der Waals surface area contributed by atoms with Gasteiger partial charge in [-0.1, -0.05) is 17.7 Å². The highest BCUT2D eigenvalue weighted by molar-refractivity contribution is 5.70. The number of nitrogens with zero attached hydrogens (tertiary/aromatic N) is 2. The number of hydrogen-bond donors (Lipinski definition) is 1. The van der Waals surface area contributed by atoms with Crippen molar-refractivity contribution in [1.82, 2.24) is 9.38 Å². The number of fused-ring (bicyclic) bond motifs is 1. The van der Waals surface area contributed by atoms with E-state index in [-0.39, 0.29) is 5.82 Å². The Morgan fingerprint density at radius 1 is 1.20 bits per heavy atom. The highest BCUT2D eigenvalue weighted by Gasteiger charge is 2.15. The van der Waals surface area contributed by atoms with Crippen LogP contribution in [0.1, 0.15) is 16.8 Å². The van der Waals surface area contributed by atoms with Crippen molar-refractivity contribution in [2.24, 2.45) is 5.73 Å². The number of aromatic nitrogens is 2. The fraction of sp³-hybridized carbons (Fsp3) is 0.188. The van der Waals surface area contributed by atoms with E-state index in [4.69, 9.17) is 5.73 Å². The Hall–Kier alpha value is -2.20. The predicted molar refractivity (Wildman–Crippen MR) is 78.0 cm³/mol. The van der Waals surface area contributed by atoms with Gasteiger partial charge in [-0.15, -0.1) is 0 Å². The summed E-state index contributed by atoms with van der Waals surface area (Å²) in [6.07, 6.45) is 1.43. The molecule has 4 heteroatoms. The zero-order valence-corrected chi connectivity index (χ0v) is 11.5. The molecule has 3 nitrogen and oxygen atoms in total. The number of nitrogens with two attached hydrogens (primary N) is 1. The minimum atomic E-state index is -0.294. The average molecular weight is 269 g/mol. The first-order valence-electron chi connectivity index (χ1n) is 6.54. The monoisotopic (exact) mass is 269 g/mol. The number of aryl methyl sites for hydroxylation is 2. The molecule has 20 heavy (non-hydrogen) atoms. The number of hydrogen-bond acceptors (Lipinski definition) is 2. The molecule has 0 radical (unpaired) electrons. The lowest BCUT2D eigenvalue weighted by Gasteiger charge is -2.07. The summed E-state index contributed by atoms with van der Waals surface area (Å²) in [4.78, 5) is 4.61. The number of benzene rings is 1. The van der Waals surface area contributed by atoms with Crippen molar-refractivity contribution < 1.29 is 4.39 Å². The van der Waals surface area contributed by atoms with Gasteiger partial charge in [0.1, 0.15) is 11.5 Å². The number of rotatable bonds is 2. The highest BCUT2D eigenvalue weighted by atomic mass is 19.1. The Balaban J connectivity index is 2.33. The molecule has 2 N–H and O–H groups in total. The van der Waals surface area contributed by atoms with Crippen molar-refractivity contribution in [3.63, 3.8) is 0 Å².